The van der Waals surface area contributed by atoms with E-state index in [1.807, 2.05) is 6.07 Å². The number of carbonyl (C=O) groups is 2. The van der Waals surface area contributed by atoms with E-state index in [4.69, 9.17) is 19.5 Å². The van der Waals surface area contributed by atoms with Gasteiger partial charge in [0.05, 0.1) is 11.6 Å². The maximum absolute atomic E-state index is 11.8. The van der Waals surface area contributed by atoms with Crippen LogP contribution in [0.15, 0.2) is 48.5 Å². The van der Waals surface area contributed by atoms with E-state index in [9.17, 15) is 9.59 Å². The van der Waals surface area contributed by atoms with Gasteiger partial charge < -0.3 is 19.5 Å². The highest BCUT2D eigenvalue weighted by molar-refractivity contribution is 5.94. The lowest BCUT2D eigenvalue weighted by molar-refractivity contribution is -0.142. The van der Waals surface area contributed by atoms with E-state index >= 15 is 0 Å². The fourth-order valence-electron chi connectivity index (χ4n) is 2.23. The average molecular weight is 350 g/mol. The molecule has 0 bridgehead atoms. The number of nitrogens with zero attached hydrogens (tertiary/aromatic N) is 1. The van der Waals surface area contributed by atoms with Crippen LogP contribution in [0.25, 0.3) is 6.08 Å². The molecular weight excluding hydrogens is 336 g/mol. The highest BCUT2D eigenvalue weighted by atomic mass is 16.7. The van der Waals surface area contributed by atoms with E-state index in [-0.39, 0.29) is 6.79 Å². The first-order chi connectivity index (χ1) is 12.6. The van der Waals surface area contributed by atoms with E-state index in [2.05, 4.69) is 5.32 Å². The SMILES string of the molecule is N#Cc1cccc(NC(=O)COC(=O)/C=C/c2ccc3c(c2)OCO3)c1. The molecule has 0 atom stereocenters. The number of nitrogens with one attached hydrogen (secondary N) is 1. The summed E-state index contributed by atoms with van der Waals surface area (Å²) >= 11 is 0. The number of fused-ring (bicyclic) bond motifs is 1. The van der Waals surface area contributed by atoms with Crippen molar-refractivity contribution >= 4 is 23.6 Å². The van der Waals surface area contributed by atoms with Crippen LogP contribution in [-0.4, -0.2) is 25.3 Å². The van der Waals surface area contributed by atoms with Crippen LogP contribution in [0.3, 0.4) is 0 Å². The molecule has 26 heavy (non-hydrogen) atoms. The van der Waals surface area contributed by atoms with Gasteiger partial charge in [-0.05, 0) is 42.0 Å². The number of anilines is 1. The Morgan fingerprint density at radius 2 is 2.04 bits per heavy atom. The molecule has 0 saturated heterocycles. The number of carbonyl (C=O) groups excluding carboxylic acids is 2. The van der Waals surface area contributed by atoms with Gasteiger partial charge in [-0.1, -0.05) is 12.1 Å². The van der Waals surface area contributed by atoms with Crippen LogP contribution >= 0.6 is 0 Å². The van der Waals surface area contributed by atoms with Crippen molar-refractivity contribution in [3.63, 3.8) is 0 Å². The van der Waals surface area contributed by atoms with E-state index in [0.29, 0.717) is 22.7 Å². The minimum Gasteiger partial charge on any atom is -0.454 e. The number of nitriles is 1. The zero-order valence-electron chi connectivity index (χ0n) is 13.6. The fourth-order valence-corrected chi connectivity index (χ4v) is 2.23. The van der Waals surface area contributed by atoms with Crippen LogP contribution < -0.4 is 14.8 Å². The first-order valence-corrected chi connectivity index (χ1v) is 7.68. The Labute approximate surface area is 149 Å². The standard InChI is InChI=1S/C19H14N2O5/c20-10-14-2-1-3-15(8-14)21-18(22)11-24-19(23)7-5-13-4-6-16-17(9-13)26-12-25-16/h1-9H,11-12H2,(H,21,22)/b7-5+. The molecule has 0 radical (unpaired) electrons. The molecule has 0 saturated carbocycles. The lowest BCUT2D eigenvalue weighted by Crippen LogP contribution is -2.20. The number of esters is 1. The zero-order chi connectivity index (χ0) is 18.4. The quantitative estimate of drug-likeness (QED) is 0.657. The second-order valence-electron chi connectivity index (χ2n) is 5.29. The van der Waals surface area contributed by atoms with Crippen molar-refractivity contribution in [1.29, 1.82) is 5.26 Å². The Balaban J connectivity index is 1.49. The van der Waals surface area contributed by atoms with Gasteiger partial charge in [0.2, 0.25) is 6.79 Å². The summed E-state index contributed by atoms with van der Waals surface area (Å²) in [4.78, 5) is 23.5. The first kappa shape index (κ1) is 17.0. The third kappa shape index (κ3) is 4.39. The maximum atomic E-state index is 11.8. The molecule has 1 N–H and O–H groups in total. The number of ether oxygens (including phenoxy) is 3. The van der Waals surface area contributed by atoms with Gasteiger partial charge in [-0.15, -0.1) is 0 Å². The van der Waals surface area contributed by atoms with Gasteiger partial charge in [0.15, 0.2) is 18.1 Å². The summed E-state index contributed by atoms with van der Waals surface area (Å²) in [7, 11) is 0. The number of hydrogen-bond donors (Lipinski definition) is 1. The predicted molar refractivity (Wildman–Crippen MR) is 92.3 cm³/mol. The second kappa shape index (κ2) is 7.85. The topological polar surface area (TPSA) is 97.7 Å². The molecule has 130 valence electrons. The van der Waals surface area contributed by atoms with Crippen LogP contribution in [0, 0.1) is 11.3 Å². The van der Waals surface area contributed by atoms with Gasteiger partial charge in [-0.25, -0.2) is 4.79 Å². The summed E-state index contributed by atoms with van der Waals surface area (Å²) < 4.78 is 15.3. The molecule has 3 rings (SSSR count). The third-order valence-electron chi connectivity index (χ3n) is 3.43. The summed E-state index contributed by atoms with van der Waals surface area (Å²) in [6.07, 6.45) is 2.78. The molecule has 0 unspecified atom stereocenters. The van der Waals surface area contributed by atoms with Crippen LogP contribution in [0.4, 0.5) is 5.69 Å². The van der Waals surface area contributed by atoms with Crippen molar-refractivity contribution in [1.82, 2.24) is 0 Å². The van der Waals surface area contributed by atoms with E-state index in [1.165, 1.54) is 12.1 Å². The van der Waals surface area contributed by atoms with Gasteiger partial charge in [0.25, 0.3) is 5.91 Å². The predicted octanol–water partition coefficient (Wildman–Crippen LogP) is 2.48. The number of amides is 1. The summed E-state index contributed by atoms with van der Waals surface area (Å²) in [5.74, 6) is 0.120. The molecule has 0 spiro atoms. The minimum atomic E-state index is -0.649. The Hall–Kier alpha value is -3.79. The van der Waals surface area contributed by atoms with Crippen molar-refractivity contribution in [3.05, 3.63) is 59.7 Å². The molecule has 2 aromatic carbocycles. The Morgan fingerprint density at radius 3 is 2.88 bits per heavy atom. The van der Waals surface area contributed by atoms with Crippen molar-refractivity contribution < 1.29 is 23.8 Å². The molecule has 1 aliphatic rings. The lowest BCUT2D eigenvalue weighted by atomic mass is 10.2. The van der Waals surface area contributed by atoms with E-state index < -0.39 is 18.5 Å². The van der Waals surface area contributed by atoms with Gasteiger partial charge >= 0.3 is 5.97 Å². The zero-order valence-corrected chi connectivity index (χ0v) is 13.6. The number of hydrogen-bond acceptors (Lipinski definition) is 6. The van der Waals surface area contributed by atoms with Crippen molar-refractivity contribution in [2.24, 2.45) is 0 Å². The largest absolute Gasteiger partial charge is 0.454 e. The van der Waals surface area contributed by atoms with Crippen LogP contribution in [0.2, 0.25) is 0 Å². The van der Waals surface area contributed by atoms with Crippen molar-refractivity contribution in [2.75, 3.05) is 18.7 Å². The summed E-state index contributed by atoms with van der Waals surface area (Å²) in [6, 6.07) is 13.7. The average Bonchev–Trinajstić information content (AvgIpc) is 3.12. The molecule has 0 aromatic heterocycles. The van der Waals surface area contributed by atoms with Crippen LogP contribution in [0.1, 0.15) is 11.1 Å². The Morgan fingerprint density at radius 1 is 1.19 bits per heavy atom. The molecule has 1 amide bonds. The molecule has 0 aliphatic carbocycles. The molecular formula is C19H14N2O5. The highest BCUT2D eigenvalue weighted by Crippen LogP contribution is 2.32. The third-order valence-corrected chi connectivity index (χ3v) is 3.43. The van der Waals surface area contributed by atoms with Crippen LogP contribution in [0.5, 0.6) is 11.5 Å². The Bertz CT molecular complexity index is 914. The van der Waals surface area contributed by atoms with Gasteiger partial charge in [0.1, 0.15) is 0 Å². The van der Waals surface area contributed by atoms with E-state index in [0.717, 1.165) is 5.56 Å². The summed E-state index contributed by atoms with van der Waals surface area (Å²) in [6.45, 7) is -0.252. The monoisotopic (exact) mass is 350 g/mol. The van der Waals surface area contributed by atoms with Crippen molar-refractivity contribution in [3.8, 4) is 17.6 Å². The molecule has 7 nitrogen and oxygen atoms in total. The normalized spacial score (nSPS) is 11.8. The fraction of sp³-hybridized carbons (Fsp3) is 0.105. The molecule has 0 fully saturated rings. The maximum Gasteiger partial charge on any atom is 0.331 e. The van der Waals surface area contributed by atoms with Crippen molar-refractivity contribution in [2.45, 2.75) is 0 Å². The summed E-state index contributed by atoms with van der Waals surface area (Å²) in [5.41, 5.74) is 1.62. The molecule has 2 aromatic rings. The van der Waals surface area contributed by atoms with E-state index in [1.54, 1.807) is 42.5 Å². The second-order valence-corrected chi connectivity index (χ2v) is 5.29. The van der Waals surface area contributed by atoms with Gasteiger partial charge in [-0.2, -0.15) is 5.26 Å². The summed E-state index contributed by atoms with van der Waals surface area (Å²) in [5, 5.41) is 11.4. The first-order valence-electron chi connectivity index (χ1n) is 7.68. The van der Waals surface area contributed by atoms with Gasteiger partial charge in [0, 0.05) is 11.8 Å². The number of benzene rings is 2. The number of rotatable bonds is 5. The molecule has 1 aliphatic heterocycles. The Kier molecular flexibility index (Phi) is 5.15. The molecule has 1 heterocycles. The van der Waals surface area contributed by atoms with Crippen LogP contribution in [-0.2, 0) is 14.3 Å². The molecule has 7 heteroatoms. The lowest BCUT2D eigenvalue weighted by Gasteiger charge is -2.05. The minimum absolute atomic E-state index is 0.178. The van der Waals surface area contributed by atoms with Gasteiger partial charge in [-0.3, -0.25) is 4.79 Å². The smallest absolute Gasteiger partial charge is 0.331 e. The highest BCUT2D eigenvalue weighted by Gasteiger charge is 2.12.